The minimum absolute atomic E-state index is 0.403. The Morgan fingerprint density at radius 1 is 1.50 bits per heavy atom. The van der Waals surface area contributed by atoms with Crippen LogP contribution in [0.4, 0.5) is 0 Å². The normalized spacial score (nSPS) is 12.6. The number of hydrogen-bond acceptors (Lipinski definition) is 2. The Morgan fingerprint density at radius 2 is 2.25 bits per heavy atom. The van der Waals surface area contributed by atoms with E-state index in [0.717, 1.165) is 5.75 Å². The first-order valence-electron chi connectivity index (χ1n) is 4.12. The maximum atomic E-state index is 5.55. The van der Waals surface area contributed by atoms with Gasteiger partial charge in [0.25, 0.3) is 0 Å². The lowest BCUT2D eigenvalue weighted by Gasteiger charge is -2.09. The molecule has 0 saturated carbocycles. The van der Waals surface area contributed by atoms with Gasteiger partial charge in [-0.05, 0) is 30.2 Å². The number of nitrogens with two attached hydrogens (primary N) is 1. The summed E-state index contributed by atoms with van der Waals surface area (Å²) in [6.07, 6.45) is 0. The second-order valence-corrected chi connectivity index (χ2v) is 2.91. The highest BCUT2D eigenvalue weighted by Gasteiger charge is 2.02. The molecule has 0 aliphatic rings. The van der Waals surface area contributed by atoms with Crippen LogP contribution in [-0.4, -0.2) is 13.7 Å². The van der Waals surface area contributed by atoms with Crippen LogP contribution in [0, 0.1) is 0 Å². The van der Waals surface area contributed by atoms with E-state index in [2.05, 4.69) is 13.0 Å². The van der Waals surface area contributed by atoms with Gasteiger partial charge in [0.05, 0.1) is 7.11 Å². The number of ether oxygens (including phenoxy) is 1. The van der Waals surface area contributed by atoms with Gasteiger partial charge in [-0.1, -0.05) is 19.1 Å². The van der Waals surface area contributed by atoms with E-state index in [1.807, 2.05) is 18.2 Å². The zero-order chi connectivity index (χ0) is 8.97. The van der Waals surface area contributed by atoms with Crippen molar-refractivity contribution in [2.75, 3.05) is 13.7 Å². The molecule has 2 nitrogen and oxygen atoms in total. The molecule has 0 radical (unpaired) electrons. The first-order chi connectivity index (χ1) is 5.77. The average Bonchev–Trinajstić information content (AvgIpc) is 2.17. The van der Waals surface area contributed by atoms with E-state index in [0.29, 0.717) is 12.5 Å². The van der Waals surface area contributed by atoms with E-state index < -0.39 is 0 Å². The predicted molar refractivity (Wildman–Crippen MR) is 50.5 cm³/mol. The van der Waals surface area contributed by atoms with E-state index in [9.17, 15) is 0 Å². The third-order valence-corrected chi connectivity index (χ3v) is 2.02. The number of rotatable bonds is 3. The second-order valence-electron chi connectivity index (χ2n) is 2.91. The minimum Gasteiger partial charge on any atom is -0.497 e. The molecule has 2 N–H and O–H groups in total. The number of hydrogen-bond donors (Lipinski definition) is 1. The smallest absolute Gasteiger partial charge is 0.119 e. The molecule has 0 saturated heterocycles. The fourth-order valence-electron chi connectivity index (χ4n) is 1.08. The molecule has 1 aromatic rings. The van der Waals surface area contributed by atoms with Crippen molar-refractivity contribution < 1.29 is 4.74 Å². The average molecular weight is 165 g/mol. The zero-order valence-corrected chi connectivity index (χ0v) is 7.58. The summed E-state index contributed by atoms with van der Waals surface area (Å²) in [4.78, 5) is 0. The maximum Gasteiger partial charge on any atom is 0.119 e. The Balaban J connectivity index is 2.86. The van der Waals surface area contributed by atoms with E-state index >= 15 is 0 Å². The van der Waals surface area contributed by atoms with Crippen LogP contribution < -0.4 is 10.5 Å². The highest BCUT2D eigenvalue weighted by molar-refractivity contribution is 5.30. The first-order valence-corrected chi connectivity index (χ1v) is 4.12. The number of methoxy groups -OCH3 is 1. The Hall–Kier alpha value is -1.02. The van der Waals surface area contributed by atoms with Crippen molar-refractivity contribution in [3.8, 4) is 5.75 Å². The van der Waals surface area contributed by atoms with Gasteiger partial charge in [0.2, 0.25) is 0 Å². The third-order valence-electron chi connectivity index (χ3n) is 2.02. The van der Waals surface area contributed by atoms with Crippen LogP contribution in [-0.2, 0) is 0 Å². The molecule has 0 spiro atoms. The van der Waals surface area contributed by atoms with Gasteiger partial charge in [-0.25, -0.2) is 0 Å². The molecule has 0 bridgehead atoms. The Labute approximate surface area is 73.3 Å². The molecule has 1 aromatic carbocycles. The summed E-state index contributed by atoms with van der Waals surface area (Å²) in [5.74, 6) is 1.30. The summed E-state index contributed by atoms with van der Waals surface area (Å²) >= 11 is 0. The van der Waals surface area contributed by atoms with E-state index in [-0.39, 0.29) is 0 Å². The Morgan fingerprint density at radius 3 is 2.83 bits per heavy atom. The maximum absolute atomic E-state index is 5.55. The quantitative estimate of drug-likeness (QED) is 0.740. The fourth-order valence-corrected chi connectivity index (χ4v) is 1.08. The van der Waals surface area contributed by atoms with Crippen molar-refractivity contribution in [1.82, 2.24) is 0 Å². The van der Waals surface area contributed by atoms with Gasteiger partial charge in [0.1, 0.15) is 5.75 Å². The SMILES string of the molecule is COc1cccc([C@H](C)CN)c1. The summed E-state index contributed by atoms with van der Waals surface area (Å²) in [6.45, 7) is 2.78. The van der Waals surface area contributed by atoms with Gasteiger partial charge in [0, 0.05) is 0 Å². The van der Waals surface area contributed by atoms with Crippen molar-refractivity contribution in [1.29, 1.82) is 0 Å². The molecule has 0 aliphatic heterocycles. The predicted octanol–water partition coefficient (Wildman–Crippen LogP) is 1.76. The third kappa shape index (κ3) is 1.98. The second kappa shape index (κ2) is 4.12. The Kier molecular flexibility index (Phi) is 3.11. The van der Waals surface area contributed by atoms with Crippen LogP contribution in [0.5, 0.6) is 5.75 Å². The standard InChI is InChI=1S/C10H15NO/c1-8(7-11)9-4-3-5-10(6-9)12-2/h3-6,8H,7,11H2,1-2H3/t8-/m1/s1. The minimum atomic E-state index is 0.403. The number of benzene rings is 1. The van der Waals surface area contributed by atoms with E-state index in [4.69, 9.17) is 10.5 Å². The van der Waals surface area contributed by atoms with E-state index in [1.54, 1.807) is 7.11 Å². The lowest BCUT2D eigenvalue weighted by molar-refractivity contribution is 0.414. The largest absolute Gasteiger partial charge is 0.497 e. The lowest BCUT2D eigenvalue weighted by Crippen LogP contribution is -2.08. The van der Waals surface area contributed by atoms with Gasteiger partial charge < -0.3 is 10.5 Å². The van der Waals surface area contributed by atoms with Crippen LogP contribution >= 0.6 is 0 Å². The van der Waals surface area contributed by atoms with Gasteiger partial charge in [-0.2, -0.15) is 0 Å². The Bertz CT molecular complexity index is 247. The first kappa shape index (κ1) is 9.07. The van der Waals surface area contributed by atoms with Gasteiger partial charge in [-0.3, -0.25) is 0 Å². The fraction of sp³-hybridized carbons (Fsp3) is 0.400. The van der Waals surface area contributed by atoms with Crippen LogP contribution in [0.15, 0.2) is 24.3 Å². The van der Waals surface area contributed by atoms with Gasteiger partial charge in [-0.15, -0.1) is 0 Å². The summed E-state index contributed by atoms with van der Waals surface area (Å²) in [5.41, 5.74) is 6.79. The molecular weight excluding hydrogens is 150 g/mol. The molecule has 66 valence electrons. The van der Waals surface area contributed by atoms with Crippen molar-refractivity contribution in [3.05, 3.63) is 29.8 Å². The van der Waals surface area contributed by atoms with Crippen LogP contribution in [0.25, 0.3) is 0 Å². The summed E-state index contributed by atoms with van der Waals surface area (Å²) in [5, 5.41) is 0. The van der Waals surface area contributed by atoms with Gasteiger partial charge in [0.15, 0.2) is 0 Å². The molecule has 0 aliphatic carbocycles. The molecular formula is C10H15NO. The van der Waals surface area contributed by atoms with Crippen molar-refractivity contribution in [2.45, 2.75) is 12.8 Å². The topological polar surface area (TPSA) is 35.2 Å². The van der Waals surface area contributed by atoms with Crippen molar-refractivity contribution in [2.24, 2.45) is 5.73 Å². The van der Waals surface area contributed by atoms with Crippen molar-refractivity contribution in [3.63, 3.8) is 0 Å². The molecule has 1 atom stereocenters. The molecule has 0 fully saturated rings. The lowest BCUT2D eigenvalue weighted by atomic mass is 10.0. The highest BCUT2D eigenvalue weighted by Crippen LogP contribution is 2.19. The van der Waals surface area contributed by atoms with Crippen molar-refractivity contribution >= 4 is 0 Å². The highest BCUT2D eigenvalue weighted by atomic mass is 16.5. The summed E-state index contributed by atoms with van der Waals surface area (Å²) in [7, 11) is 1.67. The van der Waals surface area contributed by atoms with E-state index in [1.165, 1.54) is 5.56 Å². The zero-order valence-electron chi connectivity index (χ0n) is 7.58. The molecule has 12 heavy (non-hydrogen) atoms. The molecule has 0 unspecified atom stereocenters. The van der Waals surface area contributed by atoms with Gasteiger partial charge >= 0.3 is 0 Å². The molecule has 1 rings (SSSR count). The molecule has 2 heteroatoms. The van der Waals surface area contributed by atoms with Crippen LogP contribution in [0.2, 0.25) is 0 Å². The molecule has 0 amide bonds. The summed E-state index contributed by atoms with van der Waals surface area (Å²) < 4.78 is 5.11. The van der Waals surface area contributed by atoms with Crippen LogP contribution in [0.1, 0.15) is 18.4 Å². The molecule has 0 aromatic heterocycles. The summed E-state index contributed by atoms with van der Waals surface area (Å²) in [6, 6.07) is 8.02. The van der Waals surface area contributed by atoms with Crippen LogP contribution in [0.3, 0.4) is 0 Å². The molecule has 0 heterocycles. The monoisotopic (exact) mass is 165 g/mol.